The van der Waals surface area contributed by atoms with E-state index in [9.17, 15) is 0 Å². The Morgan fingerprint density at radius 1 is 1.36 bits per heavy atom. The summed E-state index contributed by atoms with van der Waals surface area (Å²) in [5.74, 6) is 0.930. The van der Waals surface area contributed by atoms with Crippen molar-refractivity contribution in [1.29, 1.82) is 0 Å². The van der Waals surface area contributed by atoms with Crippen LogP contribution in [0.2, 0.25) is 0 Å². The largest absolute Gasteiger partial charge is 0.315 e. The average molecular weight is 198 g/mol. The third-order valence-electron chi connectivity index (χ3n) is 3.45. The summed E-state index contributed by atoms with van der Waals surface area (Å²) in [5, 5.41) is 3.49. The zero-order valence-electron chi connectivity index (χ0n) is 10.1. The van der Waals surface area contributed by atoms with Crippen LogP contribution in [-0.4, -0.2) is 38.1 Å². The van der Waals surface area contributed by atoms with Crippen LogP contribution in [0.1, 0.15) is 39.0 Å². The molecule has 14 heavy (non-hydrogen) atoms. The molecule has 0 spiro atoms. The van der Waals surface area contributed by atoms with Gasteiger partial charge in [0, 0.05) is 12.6 Å². The van der Waals surface area contributed by atoms with Gasteiger partial charge in [0.1, 0.15) is 0 Å². The van der Waals surface area contributed by atoms with Crippen LogP contribution < -0.4 is 5.32 Å². The Balaban J connectivity index is 2.29. The summed E-state index contributed by atoms with van der Waals surface area (Å²) < 4.78 is 0. The summed E-state index contributed by atoms with van der Waals surface area (Å²) in [7, 11) is 4.35. The Morgan fingerprint density at radius 2 is 2.00 bits per heavy atom. The van der Waals surface area contributed by atoms with E-state index >= 15 is 0 Å². The quantitative estimate of drug-likeness (QED) is 0.703. The van der Waals surface area contributed by atoms with E-state index in [0.717, 1.165) is 5.92 Å². The van der Waals surface area contributed by atoms with Gasteiger partial charge in [0.2, 0.25) is 0 Å². The van der Waals surface area contributed by atoms with Gasteiger partial charge in [-0.15, -0.1) is 0 Å². The number of rotatable bonds is 6. The van der Waals surface area contributed by atoms with Crippen LogP contribution in [0, 0.1) is 5.92 Å². The lowest BCUT2D eigenvalue weighted by Gasteiger charge is -2.27. The van der Waals surface area contributed by atoms with E-state index < -0.39 is 0 Å². The average Bonchev–Trinajstić information content (AvgIpc) is 2.67. The van der Waals surface area contributed by atoms with Crippen molar-refractivity contribution in [2.24, 2.45) is 5.92 Å². The number of likely N-dealkylation sites (N-methyl/N-ethyl adjacent to an activating group) is 2. The summed E-state index contributed by atoms with van der Waals surface area (Å²) in [6.45, 7) is 4.69. The second kappa shape index (κ2) is 6.41. The van der Waals surface area contributed by atoms with E-state index in [1.54, 1.807) is 0 Å². The highest BCUT2D eigenvalue weighted by Gasteiger charge is 2.24. The maximum Gasteiger partial charge on any atom is 0.0220 e. The molecule has 0 bridgehead atoms. The zero-order chi connectivity index (χ0) is 10.4. The molecular formula is C12H26N2. The lowest BCUT2D eigenvalue weighted by atomic mass is 9.98. The molecule has 84 valence electrons. The SMILES string of the molecule is CCCN(C)CC(NC)C1CCCC1. The van der Waals surface area contributed by atoms with Gasteiger partial charge in [0.15, 0.2) is 0 Å². The van der Waals surface area contributed by atoms with Crippen molar-refractivity contribution in [2.75, 3.05) is 27.2 Å². The zero-order valence-corrected chi connectivity index (χ0v) is 10.1. The molecule has 0 heterocycles. The van der Waals surface area contributed by atoms with Crippen molar-refractivity contribution in [3.05, 3.63) is 0 Å². The molecule has 2 nitrogen and oxygen atoms in total. The molecule has 1 aliphatic rings. The molecule has 0 amide bonds. The molecule has 1 aliphatic carbocycles. The van der Waals surface area contributed by atoms with Gasteiger partial charge in [-0.3, -0.25) is 0 Å². The second-order valence-electron chi connectivity index (χ2n) is 4.70. The number of hydrogen-bond donors (Lipinski definition) is 1. The predicted molar refractivity (Wildman–Crippen MR) is 62.6 cm³/mol. The number of hydrogen-bond acceptors (Lipinski definition) is 2. The second-order valence-corrected chi connectivity index (χ2v) is 4.70. The normalized spacial score (nSPS) is 20.6. The molecule has 0 aromatic carbocycles. The van der Waals surface area contributed by atoms with E-state index in [-0.39, 0.29) is 0 Å². The van der Waals surface area contributed by atoms with Crippen LogP contribution in [0.4, 0.5) is 0 Å². The molecular weight excluding hydrogens is 172 g/mol. The maximum absolute atomic E-state index is 3.49. The third-order valence-corrected chi connectivity index (χ3v) is 3.45. The monoisotopic (exact) mass is 198 g/mol. The van der Waals surface area contributed by atoms with Gasteiger partial charge < -0.3 is 10.2 Å². The molecule has 1 unspecified atom stereocenters. The minimum Gasteiger partial charge on any atom is -0.315 e. The highest BCUT2D eigenvalue weighted by Crippen LogP contribution is 2.27. The molecule has 0 aromatic rings. The summed E-state index contributed by atoms with van der Waals surface area (Å²) >= 11 is 0. The van der Waals surface area contributed by atoms with Crippen LogP contribution >= 0.6 is 0 Å². The summed E-state index contributed by atoms with van der Waals surface area (Å²) in [4.78, 5) is 2.46. The fourth-order valence-electron chi connectivity index (χ4n) is 2.64. The number of nitrogens with zero attached hydrogens (tertiary/aromatic N) is 1. The minimum atomic E-state index is 0.717. The van der Waals surface area contributed by atoms with E-state index in [0.29, 0.717) is 6.04 Å². The topological polar surface area (TPSA) is 15.3 Å². The highest BCUT2D eigenvalue weighted by atomic mass is 15.1. The van der Waals surface area contributed by atoms with Crippen molar-refractivity contribution in [3.8, 4) is 0 Å². The Bertz CT molecular complexity index is 141. The van der Waals surface area contributed by atoms with Crippen LogP contribution in [0.3, 0.4) is 0 Å². The first-order valence-electron chi connectivity index (χ1n) is 6.13. The van der Waals surface area contributed by atoms with Crippen LogP contribution in [0.25, 0.3) is 0 Å². The van der Waals surface area contributed by atoms with Gasteiger partial charge >= 0.3 is 0 Å². The first-order valence-corrected chi connectivity index (χ1v) is 6.13. The Labute approximate surface area is 89.1 Å². The highest BCUT2D eigenvalue weighted by molar-refractivity contribution is 4.81. The molecule has 0 aromatic heterocycles. The summed E-state index contributed by atoms with van der Waals surface area (Å²) in [5.41, 5.74) is 0. The van der Waals surface area contributed by atoms with Gasteiger partial charge in [-0.05, 0) is 45.8 Å². The minimum absolute atomic E-state index is 0.717. The van der Waals surface area contributed by atoms with Crippen molar-refractivity contribution < 1.29 is 0 Å². The molecule has 1 atom stereocenters. The molecule has 1 fully saturated rings. The van der Waals surface area contributed by atoms with Crippen LogP contribution in [0.15, 0.2) is 0 Å². The van der Waals surface area contributed by atoms with E-state index in [1.807, 2.05) is 0 Å². The van der Waals surface area contributed by atoms with Crippen molar-refractivity contribution in [1.82, 2.24) is 10.2 Å². The number of nitrogens with one attached hydrogen (secondary N) is 1. The first-order chi connectivity index (χ1) is 6.77. The summed E-state index contributed by atoms with van der Waals surface area (Å²) in [6.07, 6.45) is 7.02. The van der Waals surface area contributed by atoms with Crippen molar-refractivity contribution >= 4 is 0 Å². The Hall–Kier alpha value is -0.0800. The third kappa shape index (κ3) is 3.58. The van der Waals surface area contributed by atoms with E-state index in [2.05, 4.69) is 31.2 Å². The lowest BCUT2D eigenvalue weighted by molar-refractivity contribution is 0.249. The Kier molecular flexibility index (Phi) is 5.49. The van der Waals surface area contributed by atoms with Gasteiger partial charge in [0.05, 0.1) is 0 Å². The molecule has 0 aliphatic heterocycles. The fraction of sp³-hybridized carbons (Fsp3) is 1.00. The van der Waals surface area contributed by atoms with Gasteiger partial charge in [-0.1, -0.05) is 19.8 Å². The molecule has 2 heteroatoms. The fourth-order valence-corrected chi connectivity index (χ4v) is 2.64. The molecule has 1 saturated carbocycles. The Morgan fingerprint density at radius 3 is 2.50 bits per heavy atom. The van der Waals surface area contributed by atoms with E-state index in [1.165, 1.54) is 45.2 Å². The molecule has 1 rings (SSSR count). The van der Waals surface area contributed by atoms with Crippen LogP contribution in [-0.2, 0) is 0 Å². The predicted octanol–water partition coefficient (Wildman–Crippen LogP) is 2.11. The molecule has 1 N–H and O–H groups in total. The van der Waals surface area contributed by atoms with E-state index in [4.69, 9.17) is 0 Å². The summed E-state index contributed by atoms with van der Waals surface area (Å²) in [6, 6.07) is 0.717. The first kappa shape index (κ1) is 12.0. The van der Waals surface area contributed by atoms with Gasteiger partial charge in [0.25, 0.3) is 0 Å². The van der Waals surface area contributed by atoms with Crippen LogP contribution in [0.5, 0.6) is 0 Å². The van der Waals surface area contributed by atoms with Crippen molar-refractivity contribution in [2.45, 2.75) is 45.1 Å². The van der Waals surface area contributed by atoms with Crippen molar-refractivity contribution in [3.63, 3.8) is 0 Å². The van der Waals surface area contributed by atoms with Gasteiger partial charge in [-0.25, -0.2) is 0 Å². The lowest BCUT2D eigenvalue weighted by Crippen LogP contribution is -2.42. The smallest absolute Gasteiger partial charge is 0.0220 e. The standard InChI is InChI=1S/C12H26N2/c1-4-9-14(3)10-12(13-2)11-7-5-6-8-11/h11-13H,4-10H2,1-3H3. The van der Waals surface area contributed by atoms with Gasteiger partial charge in [-0.2, -0.15) is 0 Å². The maximum atomic E-state index is 3.49. The molecule has 0 saturated heterocycles. The molecule has 0 radical (unpaired) electrons.